The fraction of sp³-hybridized carbons (Fsp3) is 0.200. The fourth-order valence-electron chi connectivity index (χ4n) is 1.61. The summed E-state index contributed by atoms with van der Waals surface area (Å²) in [5, 5.41) is 4.93. The lowest BCUT2D eigenvalue weighted by molar-refractivity contribution is -0.127. The number of hydrogen-bond donors (Lipinski definition) is 1. The number of nitrogens with zero attached hydrogens (tertiary/aromatic N) is 1. The standard InChI is InChI=1S/C15H13BrCl2N2O2S/c1-8(13-5-6-14(16)23-13)19-20-15(21)9(2)22-12-4-3-10(17)7-11(12)18/h3-7,9H,1-2H3,(H,20,21)/b19-8+. The number of nitrogens with one attached hydrogen (secondary N) is 1. The molecule has 1 amide bonds. The van der Waals surface area contributed by atoms with E-state index < -0.39 is 6.10 Å². The maximum absolute atomic E-state index is 12.0. The van der Waals surface area contributed by atoms with Crippen LogP contribution in [0.2, 0.25) is 10.0 Å². The van der Waals surface area contributed by atoms with Crippen molar-refractivity contribution in [2.75, 3.05) is 0 Å². The molecule has 1 atom stereocenters. The molecule has 8 heteroatoms. The summed E-state index contributed by atoms with van der Waals surface area (Å²) in [6.07, 6.45) is -0.750. The lowest BCUT2D eigenvalue weighted by atomic mass is 10.3. The van der Waals surface area contributed by atoms with Crippen LogP contribution < -0.4 is 10.2 Å². The Bertz CT molecular complexity index is 749. The molecule has 1 aromatic carbocycles. The van der Waals surface area contributed by atoms with Gasteiger partial charge in [0.05, 0.1) is 19.4 Å². The van der Waals surface area contributed by atoms with E-state index in [0.29, 0.717) is 21.5 Å². The molecule has 1 unspecified atom stereocenters. The van der Waals surface area contributed by atoms with Gasteiger partial charge in [0.15, 0.2) is 6.10 Å². The van der Waals surface area contributed by atoms with Crippen LogP contribution in [0.4, 0.5) is 0 Å². The predicted molar refractivity (Wildman–Crippen MR) is 98.9 cm³/mol. The molecule has 0 aliphatic heterocycles. The molecule has 2 rings (SSSR count). The third-order valence-corrected chi connectivity index (χ3v) is 5.09. The highest BCUT2D eigenvalue weighted by molar-refractivity contribution is 9.11. The molecular weight excluding hydrogens is 423 g/mol. The largest absolute Gasteiger partial charge is 0.479 e. The number of carbonyl (C=O) groups excluding carboxylic acids is 1. The first-order valence-corrected chi connectivity index (χ1v) is 8.95. The molecule has 0 aliphatic carbocycles. The second-order valence-corrected chi connectivity index (χ2v) is 7.92. The van der Waals surface area contributed by atoms with Crippen LogP contribution in [0.25, 0.3) is 0 Å². The second kappa shape index (κ2) is 8.15. The van der Waals surface area contributed by atoms with Gasteiger partial charge in [0.1, 0.15) is 5.75 Å². The Kier molecular flexibility index (Phi) is 6.47. The zero-order valence-corrected chi connectivity index (χ0v) is 16.2. The Hall–Kier alpha value is -1.08. The smallest absolute Gasteiger partial charge is 0.280 e. The van der Waals surface area contributed by atoms with Crippen LogP contribution >= 0.6 is 50.5 Å². The third kappa shape index (κ3) is 5.21. The van der Waals surface area contributed by atoms with Crippen LogP contribution in [0, 0.1) is 0 Å². The van der Waals surface area contributed by atoms with Crippen molar-refractivity contribution < 1.29 is 9.53 Å². The van der Waals surface area contributed by atoms with E-state index in [4.69, 9.17) is 27.9 Å². The molecule has 2 aromatic rings. The summed E-state index contributed by atoms with van der Waals surface area (Å²) in [5.74, 6) is 0.0209. The molecule has 0 aliphatic rings. The predicted octanol–water partition coefficient (Wildman–Crippen LogP) is 5.13. The molecule has 0 spiro atoms. The first-order chi connectivity index (χ1) is 10.9. The van der Waals surface area contributed by atoms with E-state index in [2.05, 4.69) is 26.5 Å². The van der Waals surface area contributed by atoms with Gasteiger partial charge in [-0.15, -0.1) is 11.3 Å². The van der Waals surface area contributed by atoms with Crippen molar-refractivity contribution in [3.05, 3.63) is 49.0 Å². The molecule has 0 saturated heterocycles. The zero-order chi connectivity index (χ0) is 17.0. The number of ether oxygens (including phenoxy) is 1. The van der Waals surface area contributed by atoms with Gasteiger partial charge in [-0.1, -0.05) is 23.2 Å². The molecule has 0 bridgehead atoms. The highest BCUT2D eigenvalue weighted by Crippen LogP contribution is 2.28. The van der Waals surface area contributed by atoms with E-state index in [0.717, 1.165) is 8.66 Å². The summed E-state index contributed by atoms with van der Waals surface area (Å²) in [4.78, 5) is 13.0. The number of thiophene rings is 1. The third-order valence-electron chi connectivity index (χ3n) is 2.83. The van der Waals surface area contributed by atoms with Gasteiger partial charge in [-0.25, -0.2) is 5.43 Å². The summed E-state index contributed by atoms with van der Waals surface area (Å²) >= 11 is 16.8. The van der Waals surface area contributed by atoms with Gasteiger partial charge >= 0.3 is 0 Å². The van der Waals surface area contributed by atoms with E-state index in [1.807, 2.05) is 19.1 Å². The topological polar surface area (TPSA) is 50.7 Å². The normalized spacial score (nSPS) is 12.8. The number of hydrogen-bond acceptors (Lipinski definition) is 4. The van der Waals surface area contributed by atoms with E-state index in [-0.39, 0.29) is 5.91 Å². The zero-order valence-electron chi connectivity index (χ0n) is 12.3. The van der Waals surface area contributed by atoms with Crippen molar-refractivity contribution in [3.8, 4) is 5.75 Å². The summed E-state index contributed by atoms with van der Waals surface area (Å²) < 4.78 is 6.53. The number of rotatable bonds is 5. The number of benzene rings is 1. The lowest BCUT2D eigenvalue weighted by Crippen LogP contribution is -2.34. The highest BCUT2D eigenvalue weighted by atomic mass is 79.9. The Morgan fingerprint density at radius 1 is 1.35 bits per heavy atom. The van der Waals surface area contributed by atoms with Crippen LogP contribution in [-0.4, -0.2) is 17.7 Å². The van der Waals surface area contributed by atoms with Crippen LogP contribution in [-0.2, 0) is 4.79 Å². The van der Waals surface area contributed by atoms with E-state index in [1.165, 1.54) is 11.3 Å². The summed E-state index contributed by atoms with van der Waals surface area (Å²) in [6, 6.07) is 8.67. The van der Waals surface area contributed by atoms with E-state index in [1.54, 1.807) is 25.1 Å². The Morgan fingerprint density at radius 2 is 2.09 bits per heavy atom. The molecular formula is C15H13BrCl2N2O2S. The first-order valence-electron chi connectivity index (χ1n) is 6.58. The first kappa shape index (κ1) is 18.3. The van der Waals surface area contributed by atoms with Crippen molar-refractivity contribution in [1.82, 2.24) is 5.43 Å². The van der Waals surface area contributed by atoms with Crippen molar-refractivity contribution in [1.29, 1.82) is 0 Å². The Balaban J connectivity index is 1.97. The summed E-state index contributed by atoms with van der Waals surface area (Å²) in [6.45, 7) is 3.44. The van der Waals surface area contributed by atoms with Crippen molar-refractivity contribution >= 4 is 62.1 Å². The minimum Gasteiger partial charge on any atom is -0.479 e. The van der Waals surface area contributed by atoms with Crippen molar-refractivity contribution in [3.63, 3.8) is 0 Å². The number of halogens is 3. The second-order valence-electron chi connectivity index (χ2n) is 4.61. The number of amides is 1. The fourth-order valence-corrected chi connectivity index (χ4v) is 3.39. The van der Waals surface area contributed by atoms with Gasteiger partial charge in [-0.05, 0) is 60.1 Å². The Morgan fingerprint density at radius 3 is 2.70 bits per heavy atom. The SMILES string of the molecule is C/C(=N\NC(=O)C(C)Oc1ccc(Cl)cc1Cl)c1ccc(Br)s1. The molecule has 1 N–H and O–H groups in total. The minimum absolute atomic E-state index is 0.347. The number of carbonyl (C=O) groups is 1. The Labute approximate surface area is 156 Å². The lowest BCUT2D eigenvalue weighted by Gasteiger charge is -2.14. The quantitative estimate of drug-likeness (QED) is 0.523. The minimum atomic E-state index is -0.750. The average molecular weight is 436 g/mol. The molecule has 0 fully saturated rings. The molecule has 0 saturated carbocycles. The monoisotopic (exact) mass is 434 g/mol. The molecule has 23 heavy (non-hydrogen) atoms. The van der Waals surface area contributed by atoms with Crippen LogP contribution in [0.3, 0.4) is 0 Å². The van der Waals surface area contributed by atoms with Gasteiger partial charge < -0.3 is 4.74 Å². The maximum atomic E-state index is 12.0. The molecule has 1 aromatic heterocycles. The van der Waals surface area contributed by atoms with Gasteiger partial charge in [-0.3, -0.25) is 4.79 Å². The number of hydrazone groups is 1. The van der Waals surface area contributed by atoms with Crippen LogP contribution in [0.15, 0.2) is 39.2 Å². The van der Waals surface area contributed by atoms with Crippen molar-refractivity contribution in [2.45, 2.75) is 20.0 Å². The van der Waals surface area contributed by atoms with Gasteiger partial charge in [0, 0.05) is 5.02 Å². The maximum Gasteiger partial charge on any atom is 0.280 e. The molecule has 4 nitrogen and oxygen atoms in total. The average Bonchev–Trinajstić information content (AvgIpc) is 2.93. The van der Waals surface area contributed by atoms with Gasteiger partial charge in [-0.2, -0.15) is 5.10 Å². The van der Waals surface area contributed by atoms with Gasteiger partial charge in [0.25, 0.3) is 5.91 Å². The van der Waals surface area contributed by atoms with E-state index in [9.17, 15) is 4.79 Å². The molecule has 1 heterocycles. The molecule has 122 valence electrons. The van der Waals surface area contributed by atoms with Crippen LogP contribution in [0.1, 0.15) is 18.7 Å². The highest BCUT2D eigenvalue weighted by Gasteiger charge is 2.16. The molecule has 0 radical (unpaired) electrons. The summed E-state index contributed by atoms with van der Waals surface area (Å²) in [5.41, 5.74) is 3.20. The van der Waals surface area contributed by atoms with E-state index >= 15 is 0 Å². The summed E-state index contributed by atoms with van der Waals surface area (Å²) in [7, 11) is 0. The van der Waals surface area contributed by atoms with Gasteiger partial charge in [0.2, 0.25) is 0 Å². The van der Waals surface area contributed by atoms with Crippen LogP contribution in [0.5, 0.6) is 5.75 Å². The van der Waals surface area contributed by atoms with Crippen molar-refractivity contribution in [2.24, 2.45) is 5.10 Å².